The molecule has 0 aliphatic heterocycles. The normalized spacial score (nSPS) is 10.2. The van der Waals surface area contributed by atoms with Crippen molar-refractivity contribution in [3.05, 3.63) is 22.7 Å². The molecule has 0 saturated heterocycles. The average molecular weight is 256 g/mol. The van der Waals surface area contributed by atoms with Gasteiger partial charge in [-0.05, 0) is 0 Å². The zero-order valence-corrected chi connectivity index (χ0v) is 10.5. The van der Waals surface area contributed by atoms with Crippen LogP contribution in [-0.2, 0) is 4.74 Å². The first-order chi connectivity index (χ1) is 8.13. The van der Waals surface area contributed by atoms with Crippen molar-refractivity contribution in [1.82, 2.24) is 9.97 Å². The third-order valence-corrected chi connectivity index (χ3v) is 2.39. The van der Waals surface area contributed by atoms with E-state index in [1.807, 2.05) is 4.90 Å². The minimum absolute atomic E-state index is 0.187. The van der Waals surface area contributed by atoms with E-state index in [4.69, 9.17) is 22.7 Å². The van der Waals surface area contributed by atoms with Crippen molar-refractivity contribution >= 4 is 23.0 Å². The number of thiocarbonyl (C=S) groups is 1. The van der Waals surface area contributed by atoms with Gasteiger partial charge >= 0.3 is 0 Å². The Balaban J connectivity index is 2.74. The van der Waals surface area contributed by atoms with E-state index in [2.05, 4.69) is 9.97 Å². The largest absolute Gasteiger partial charge is 0.393 e. The molecule has 0 fully saturated rings. The van der Waals surface area contributed by atoms with E-state index in [0.29, 0.717) is 36.9 Å². The molecular formula is C10H16N4O2S. The van der Waals surface area contributed by atoms with Crippen molar-refractivity contribution in [1.29, 1.82) is 0 Å². The highest BCUT2D eigenvalue weighted by molar-refractivity contribution is 7.80. The van der Waals surface area contributed by atoms with Crippen molar-refractivity contribution in [3.63, 3.8) is 0 Å². The first-order valence-corrected chi connectivity index (χ1v) is 5.61. The molecule has 0 spiro atoms. The van der Waals surface area contributed by atoms with Gasteiger partial charge in [0.1, 0.15) is 5.82 Å². The summed E-state index contributed by atoms with van der Waals surface area (Å²) in [4.78, 5) is 20.1. The summed E-state index contributed by atoms with van der Waals surface area (Å²) in [6.07, 6.45) is 1.95. The lowest BCUT2D eigenvalue weighted by Gasteiger charge is -2.22. The third-order valence-electron chi connectivity index (χ3n) is 2.18. The first-order valence-electron chi connectivity index (χ1n) is 5.20. The molecule has 1 rings (SSSR count). The molecular weight excluding hydrogens is 240 g/mol. The zero-order valence-electron chi connectivity index (χ0n) is 9.68. The summed E-state index contributed by atoms with van der Waals surface area (Å²) in [5.74, 6) is 0.599. The van der Waals surface area contributed by atoms with E-state index in [-0.39, 0.29) is 5.56 Å². The lowest BCUT2D eigenvalue weighted by Crippen LogP contribution is -2.32. The maximum Gasteiger partial charge on any atom is 0.252 e. The lowest BCUT2D eigenvalue weighted by atomic mass is 10.3. The van der Waals surface area contributed by atoms with E-state index >= 15 is 0 Å². The molecule has 0 amide bonds. The number of H-pyrrole nitrogens is 1. The van der Waals surface area contributed by atoms with E-state index < -0.39 is 0 Å². The number of hydrogen-bond donors (Lipinski definition) is 2. The van der Waals surface area contributed by atoms with Crippen LogP contribution in [0.25, 0.3) is 0 Å². The molecule has 7 heteroatoms. The van der Waals surface area contributed by atoms with Crippen LogP contribution in [-0.4, -0.2) is 41.8 Å². The van der Waals surface area contributed by atoms with Gasteiger partial charge in [0, 0.05) is 32.7 Å². The van der Waals surface area contributed by atoms with Gasteiger partial charge in [0.15, 0.2) is 0 Å². The van der Waals surface area contributed by atoms with Gasteiger partial charge in [0.2, 0.25) is 0 Å². The lowest BCUT2D eigenvalue weighted by molar-refractivity contribution is 0.205. The summed E-state index contributed by atoms with van der Waals surface area (Å²) < 4.78 is 5.01. The monoisotopic (exact) mass is 256 g/mol. The first kappa shape index (κ1) is 13.6. The number of ether oxygens (including phenoxy) is 1. The fourth-order valence-corrected chi connectivity index (χ4v) is 1.41. The Bertz CT molecular complexity index is 421. The fourth-order valence-electron chi connectivity index (χ4n) is 1.32. The van der Waals surface area contributed by atoms with Crippen LogP contribution in [0.4, 0.5) is 5.82 Å². The molecule has 1 aromatic rings. The van der Waals surface area contributed by atoms with Crippen LogP contribution >= 0.6 is 12.2 Å². The Hall–Kier alpha value is -1.47. The number of hydrogen-bond acceptors (Lipinski definition) is 5. The van der Waals surface area contributed by atoms with Crippen LogP contribution < -0.4 is 16.2 Å². The highest BCUT2D eigenvalue weighted by Gasteiger charge is 2.08. The van der Waals surface area contributed by atoms with Gasteiger partial charge in [-0.15, -0.1) is 0 Å². The average Bonchev–Trinajstić information content (AvgIpc) is 2.29. The number of aromatic amines is 1. The fraction of sp³-hybridized carbons (Fsp3) is 0.500. The minimum atomic E-state index is -0.187. The molecule has 0 aliphatic rings. The van der Waals surface area contributed by atoms with Gasteiger partial charge in [-0.25, -0.2) is 4.98 Å². The topological polar surface area (TPSA) is 84.2 Å². The number of nitrogens with two attached hydrogens (primary N) is 1. The molecule has 0 bridgehead atoms. The van der Waals surface area contributed by atoms with E-state index in [1.165, 1.54) is 12.4 Å². The molecule has 0 aliphatic carbocycles. The van der Waals surface area contributed by atoms with Crippen LogP contribution in [0, 0.1) is 0 Å². The van der Waals surface area contributed by atoms with Crippen molar-refractivity contribution in [2.45, 2.75) is 6.42 Å². The molecule has 94 valence electrons. The predicted molar refractivity (Wildman–Crippen MR) is 70.3 cm³/mol. The highest BCUT2D eigenvalue weighted by atomic mass is 32.1. The molecule has 1 aromatic heterocycles. The Kier molecular flexibility index (Phi) is 5.58. The van der Waals surface area contributed by atoms with Crippen molar-refractivity contribution in [2.75, 3.05) is 31.7 Å². The molecule has 0 atom stereocenters. The zero-order chi connectivity index (χ0) is 12.7. The number of aromatic nitrogens is 2. The van der Waals surface area contributed by atoms with Gasteiger partial charge in [-0.3, -0.25) is 4.79 Å². The van der Waals surface area contributed by atoms with Gasteiger partial charge in [-0.2, -0.15) is 0 Å². The summed E-state index contributed by atoms with van der Waals surface area (Å²) in [6.45, 7) is 1.80. The standard InChI is InChI=1S/C10H16N4O2S/c1-16-5-4-14(3-2-8(11)17)9-6-10(15)13-7-12-9/h6-7H,2-5H2,1H3,(H2,11,17)(H,12,13,15). The van der Waals surface area contributed by atoms with Gasteiger partial charge in [0.25, 0.3) is 5.56 Å². The molecule has 17 heavy (non-hydrogen) atoms. The van der Waals surface area contributed by atoms with Crippen LogP contribution in [0.1, 0.15) is 6.42 Å². The second-order valence-electron chi connectivity index (χ2n) is 3.47. The maximum atomic E-state index is 11.2. The Morgan fingerprint density at radius 3 is 3.00 bits per heavy atom. The number of methoxy groups -OCH3 is 1. The molecule has 0 saturated carbocycles. The van der Waals surface area contributed by atoms with E-state index in [1.54, 1.807) is 7.11 Å². The molecule has 0 unspecified atom stereocenters. The van der Waals surface area contributed by atoms with E-state index in [9.17, 15) is 4.79 Å². The quantitative estimate of drug-likeness (QED) is 0.663. The van der Waals surface area contributed by atoms with Crippen molar-refractivity contribution in [3.8, 4) is 0 Å². The van der Waals surface area contributed by atoms with Crippen molar-refractivity contribution in [2.24, 2.45) is 5.73 Å². The van der Waals surface area contributed by atoms with Gasteiger partial charge in [0.05, 0.1) is 17.9 Å². The third kappa shape index (κ3) is 4.92. The Morgan fingerprint density at radius 1 is 1.65 bits per heavy atom. The molecule has 0 aromatic carbocycles. The Labute approximate surface area is 105 Å². The number of rotatable bonds is 7. The maximum absolute atomic E-state index is 11.2. The molecule has 6 nitrogen and oxygen atoms in total. The number of nitrogens with one attached hydrogen (secondary N) is 1. The van der Waals surface area contributed by atoms with Crippen LogP contribution in [0.3, 0.4) is 0 Å². The number of anilines is 1. The summed E-state index contributed by atoms with van der Waals surface area (Å²) in [5, 5.41) is 0. The number of nitrogens with zero attached hydrogens (tertiary/aromatic N) is 2. The summed E-state index contributed by atoms with van der Waals surface area (Å²) >= 11 is 4.83. The SMILES string of the molecule is COCCN(CCC(N)=S)c1cc(=O)[nH]cn1. The summed E-state index contributed by atoms with van der Waals surface area (Å²) in [6, 6.07) is 1.44. The molecule has 3 N–H and O–H groups in total. The van der Waals surface area contributed by atoms with Crippen LogP contribution in [0.2, 0.25) is 0 Å². The van der Waals surface area contributed by atoms with Crippen molar-refractivity contribution < 1.29 is 4.74 Å². The second kappa shape index (κ2) is 6.97. The van der Waals surface area contributed by atoms with Gasteiger partial charge < -0.3 is 20.4 Å². The summed E-state index contributed by atoms with van der Waals surface area (Å²) in [7, 11) is 1.62. The van der Waals surface area contributed by atoms with E-state index in [0.717, 1.165) is 0 Å². The molecule has 1 heterocycles. The van der Waals surface area contributed by atoms with Crippen LogP contribution in [0.5, 0.6) is 0 Å². The highest BCUT2D eigenvalue weighted by Crippen LogP contribution is 2.06. The summed E-state index contributed by atoms with van der Waals surface area (Å²) in [5.41, 5.74) is 5.28. The smallest absolute Gasteiger partial charge is 0.252 e. The molecule has 0 radical (unpaired) electrons. The van der Waals surface area contributed by atoms with Crippen LogP contribution in [0.15, 0.2) is 17.2 Å². The Morgan fingerprint density at radius 2 is 2.41 bits per heavy atom. The predicted octanol–water partition coefficient (Wildman–Crippen LogP) is -0.101. The minimum Gasteiger partial charge on any atom is -0.393 e. The van der Waals surface area contributed by atoms with Gasteiger partial charge in [-0.1, -0.05) is 12.2 Å². The second-order valence-corrected chi connectivity index (χ2v) is 3.99.